The fourth-order valence-electron chi connectivity index (χ4n) is 0.743. The Hall–Kier alpha value is -1.10. The number of hydrogen-bond acceptors (Lipinski definition) is 3. The van der Waals surface area contributed by atoms with Crippen LogP contribution in [0.5, 0.6) is 5.75 Å². The molecule has 1 rings (SSSR count). The Bertz CT molecular complexity index is 261. The molecule has 1 aromatic rings. The second-order valence-corrected chi connectivity index (χ2v) is 3.24. The molecule has 1 aromatic carbocycles. The van der Waals surface area contributed by atoms with Crippen LogP contribution < -0.4 is 0 Å². The van der Waals surface area contributed by atoms with E-state index >= 15 is 0 Å². The standard InChI is InChI=1S/C8H8O.C2H6O2Si/c1-2-7-5-3-4-6-8(7)9;1-3-5-4-2/h2-6,9H,1H2;1-2H3. The van der Waals surface area contributed by atoms with E-state index in [0.717, 1.165) is 5.56 Å². The molecule has 0 aliphatic carbocycles. The maximum Gasteiger partial charge on any atom is 0.432 e. The number of benzene rings is 1. The molecular weight excluding hydrogens is 196 g/mol. The minimum absolute atomic E-state index is 0.198. The molecule has 0 fully saturated rings. The molecule has 0 spiro atoms. The summed E-state index contributed by atoms with van der Waals surface area (Å²) in [6.07, 6.45) is 1.62. The lowest BCUT2D eigenvalue weighted by atomic mass is 10.2. The van der Waals surface area contributed by atoms with Gasteiger partial charge < -0.3 is 14.0 Å². The van der Waals surface area contributed by atoms with Crippen molar-refractivity contribution in [3.63, 3.8) is 0 Å². The SMILES string of the molecule is C=Cc1ccccc1O.CO[Si]OC. The third kappa shape index (κ3) is 5.53. The molecule has 0 aromatic heterocycles. The lowest BCUT2D eigenvalue weighted by Crippen LogP contribution is -1.93. The van der Waals surface area contributed by atoms with Gasteiger partial charge in [-0.05, 0) is 6.07 Å². The molecule has 0 heterocycles. The van der Waals surface area contributed by atoms with Gasteiger partial charge in [-0.3, -0.25) is 0 Å². The largest absolute Gasteiger partial charge is 0.507 e. The zero-order valence-electron chi connectivity index (χ0n) is 8.36. The van der Waals surface area contributed by atoms with Crippen molar-refractivity contribution in [3.05, 3.63) is 36.4 Å². The number of rotatable bonds is 3. The quantitative estimate of drug-likeness (QED) is 0.774. The maximum absolute atomic E-state index is 9.04. The van der Waals surface area contributed by atoms with Gasteiger partial charge in [-0.1, -0.05) is 30.9 Å². The molecule has 14 heavy (non-hydrogen) atoms. The minimum Gasteiger partial charge on any atom is -0.507 e. The third-order valence-electron chi connectivity index (χ3n) is 1.32. The van der Waals surface area contributed by atoms with Crippen LogP contribution in [0.2, 0.25) is 0 Å². The highest BCUT2D eigenvalue weighted by atomic mass is 28.3. The van der Waals surface area contributed by atoms with Crippen LogP contribution in [0.15, 0.2) is 30.8 Å². The molecule has 0 bridgehead atoms. The fourth-order valence-corrected chi connectivity index (χ4v) is 0.910. The van der Waals surface area contributed by atoms with Gasteiger partial charge in [0.25, 0.3) is 0 Å². The van der Waals surface area contributed by atoms with Crippen LogP contribution >= 0.6 is 0 Å². The van der Waals surface area contributed by atoms with E-state index in [1.807, 2.05) is 12.1 Å². The molecule has 0 aliphatic rings. The normalized spacial score (nSPS) is 8.71. The molecule has 1 N–H and O–H groups in total. The summed E-state index contributed by atoms with van der Waals surface area (Å²) in [5.74, 6) is 0.285. The number of phenols is 1. The van der Waals surface area contributed by atoms with Gasteiger partial charge in [0.05, 0.1) is 0 Å². The van der Waals surface area contributed by atoms with E-state index in [-0.39, 0.29) is 15.8 Å². The summed E-state index contributed by atoms with van der Waals surface area (Å²) >= 11 is 0. The van der Waals surface area contributed by atoms with Crippen LogP contribution in [0.1, 0.15) is 5.56 Å². The third-order valence-corrected chi connectivity index (χ3v) is 1.66. The van der Waals surface area contributed by atoms with Crippen LogP contribution in [-0.2, 0) is 8.85 Å². The summed E-state index contributed by atoms with van der Waals surface area (Å²) in [7, 11) is 3.40. The predicted molar refractivity (Wildman–Crippen MR) is 58.0 cm³/mol. The number of hydrogen-bond donors (Lipinski definition) is 1. The van der Waals surface area contributed by atoms with E-state index < -0.39 is 0 Å². The summed E-state index contributed by atoms with van der Waals surface area (Å²) in [6.45, 7) is 3.53. The average molecular weight is 210 g/mol. The summed E-state index contributed by atoms with van der Waals surface area (Å²) in [5.41, 5.74) is 0.775. The van der Waals surface area contributed by atoms with E-state index in [1.54, 1.807) is 32.4 Å². The molecule has 76 valence electrons. The summed E-state index contributed by atoms with van der Waals surface area (Å²) in [5, 5.41) is 9.04. The summed E-state index contributed by atoms with van der Waals surface area (Å²) in [6, 6.07) is 7.08. The van der Waals surface area contributed by atoms with Crippen molar-refractivity contribution >= 4 is 16.1 Å². The second-order valence-electron chi connectivity index (χ2n) is 2.25. The molecule has 2 radical (unpaired) electrons. The van der Waals surface area contributed by atoms with Crippen molar-refractivity contribution in [1.82, 2.24) is 0 Å². The van der Waals surface area contributed by atoms with Crippen molar-refractivity contribution in [1.29, 1.82) is 0 Å². The summed E-state index contributed by atoms with van der Waals surface area (Å²) in [4.78, 5) is 0. The Labute approximate surface area is 87.0 Å². The second kappa shape index (κ2) is 8.49. The number of para-hydroxylation sites is 1. The van der Waals surface area contributed by atoms with Gasteiger partial charge in [-0.15, -0.1) is 0 Å². The molecule has 0 saturated heterocycles. The molecule has 0 amide bonds. The minimum atomic E-state index is 0.198. The van der Waals surface area contributed by atoms with E-state index in [1.165, 1.54) is 0 Å². The molecule has 0 aliphatic heterocycles. The number of aromatic hydroxyl groups is 1. The van der Waals surface area contributed by atoms with Crippen LogP contribution in [0.25, 0.3) is 6.08 Å². The monoisotopic (exact) mass is 210 g/mol. The van der Waals surface area contributed by atoms with E-state index in [9.17, 15) is 0 Å². The molecule has 4 heteroatoms. The van der Waals surface area contributed by atoms with Crippen molar-refractivity contribution in [3.8, 4) is 5.75 Å². The number of phenolic OH excluding ortho intramolecular Hbond substituents is 1. The van der Waals surface area contributed by atoms with Crippen LogP contribution in [0, 0.1) is 0 Å². The molecule has 3 nitrogen and oxygen atoms in total. The topological polar surface area (TPSA) is 38.7 Å². The Morgan fingerprint density at radius 1 is 1.29 bits per heavy atom. The zero-order valence-corrected chi connectivity index (χ0v) is 9.36. The van der Waals surface area contributed by atoms with Gasteiger partial charge in [0.1, 0.15) is 5.75 Å². The maximum atomic E-state index is 9.04. The van der Waals surface area contributed by atoms with Gasteiger partial charge in [0, 0.05) is 19.8 Å². The smallest absolute Gasteiger partial charge is 0.432 e. The first kappa shape index (κ1) is 12.9. The van der Waals surface area contributed by atoms with E-state index in [4.69, 9.17) is 5.11 Å². The first-order chi connectivity index (χ1) is 6.76. The van der Waals surface area contributed by atoms with Crippen molar-refractivity contribution < 1.29 is 14.0 Å². The van der Waals surface area contributed by atoms with Gasteiger partial charge in [-0.2, -0.15) is 0 Å². The summed E-state index contributed by atoms with van der Waals surface area (Å²) < 4.78 is 8.99. The van der Waals surface area contributed by atoms with Gasteiger partial charge in [0.2, 0.25) is 0 Å². The molecule has 0 unspecified atom stereocenters. The highest BCUT2D eigenvalue weighted by Gasteiger charge is 1.89. The van der Waals surface area contributed by atoms with Crippen LogP contribution in [0.3, 0.4) is 0 Å². The van der Waals surface area contributed by atoms with Crippen molar-refractivity contribution in [2.45, 2.75) is 0 Å². The first-order valence-electron chi connectivity index (χ1n) is 3.97. The Morgan fingerprint density at radius 2 is 1.86 bits per heavy atom. The molecular formula is C10H14O3Si. The Morgan fingerprint density at radius 3 is 2.14 bits per heavy atom. The Balaban J connectivity index is 0.000000292. The van der Waals surface area contributed by atoms with Crippen molar-refractivity contribution in [2.75, 3.05) is 14.2 Å². The van der Waals surface area contributed by atoms with Crippen LogP contribution in [-0.4, -0.2) is 29.3 Å². The Kier molecular flexibility index (Phi) is 7.82. The predicted octanol–water partition coefficient (Wildman–Crippen LogP) is 1.85. The van der Waals surface area contributed by atoms with E-state index in [2.05, 4.69) is 15.4 Å². The van der Waals surface area contributed by atoms with Gasteiger partial charge in [-0.25, -0.2) is 0 Å². The highest BCUT2D eigenvalue weighted by molar-refractivity contribution is 6.17. The van der Waals surface area contributed by atoms with Crippen molar-refractivity contribution in [2.24, 2.45) is 0 Å². The fraction of sp³-hybridized carbons (Fsp3) is 0.200. The molecule has 0 atom stereocenters. The zero-order chi connectivity index (χ0) is 10.8. The van der Waals surface area contributed by atoms with Crippen LogP contribution in [0.4, 0.5) is 0 Å². The van der Waals surface area contributed by atoms with Gasteiger partial charge >= 0.3 is 10.0 Å². The highest BCUT2D eigenvalue weighted by Crippen LogP contribution is 2.15. The van der Waals surface area contributed by atoms with Gasteiger partial charge in [0.15, 0.2) is 0 Å². The lowest BCUT2D eigenvalue weighted by molar-refractivity contribution is 0.309. The average Bonchev–Trinajstić information content (AvgIpc) is 2.21. The van der Waals surface area contributed by atoms with E-state index in [0.29, 0.717) is 0 Å². The lowest BCUT2D eigenvalue weighted by Gasteiger charge is -1.93. The first-order valence-corrected chi connectivity index (χ1v) is 4.79. The molecule has 0 saturated carbocycles.